The molecule has 8 heteroatoms. The third kappa shape index (κ3) is 3.56. The highest BCUT2D eigenvalue weighted by atomic mass is 16.5. The van der Waals surface area contributed by atoms with Crippen molar-refractivity contribution in [1.29, 1.82) is 0 Å². The SMILES string of the molecule is COc1ccc(-c2noc(-c3cccc4[nH]c(=O)n(CC(C)(C)C)c34)n2)cc1OC. The number of aromatic nitrogens is 4. The molecule has 0 saturated heterocycles. The van der Waals surface area contributed by atoms with Gasteiger partial charge in [0.25, 0.3) is 5.89 Å². The molecule has 0 aliphatic carbocycles. The van der Waals surface area contributed by atoms with Crippen molar-refractivity contribution in [2.24, 2.45) is 5.41 Å². The first-order valence-electron chi connectivity index (χ1n) is 9.59. The smallest absolute Gasteiger partial charge is 0.326 e. The van der Waals surface area contributed by atoms with Crippen molar-refractivity contribution in [2.75, 3.05) is 14.2 Å². The molecule has 4 aromatic rings. The van der Waals surface area contributed by atoms with Crippen LogP contribution in [0.25, 0.3) is 33.9 Å². The van der Waals surface area contributed by atoms with E-state index in [0.717, 1.165) is 16.6 Å². The van der Waals surface area contributed by atoms with Gasteiger partial charge in [-0.25, -0.2) is 4.79 Å². The van der Waals surface area contributed by atoms with Crippen molar-refractivity contribution in [3.8, 4) is 34.3 Å². The summed E-state index contributed by atoms with van der Waals surface area (Å²) in [7, 11) is 3.16. The summed E-state index contributed by atoms with van der Waals surface area (Å²) in [6.07, 6.45) is 0. The van der Waals surface area contributed by atoms with E-state index < -0.39 is 0 Å². The van der Waals surface area contributed by atoms with Crippen LogP contribution in [0.2, 0.25) is 0 Å². The summed E-state index contributed by atoms with van der Waals surface area (Å²) in [5.74, 6) is 1.96. The molecule has 4 rings (SSSR count). The second kappa shape index (κ2) is 7.37. The molecule has 0 aliphatic rings. The van der Waals surface area contributed by atoms with E-state index in [1.165, 1.54) is 0 Å². The van der Waals surface area contributed by atoms with E-state index >= 15 is 0 Å². The quantitative estimate of drug-likeness (QED) is 0.534. The summed E-state index contributed by atoms with van der Waals surface area (Å²) in [6.45, 7) is 6.81. The molecule has 0 spiro atoms. The molecule has 0 bridgehead atoms. The number of nitrogens with zero attached hydrogens (tertiary/aromatic N) is 3. The number of methoxy groups -OCH3 is 2. The summed E-state index contributed by atoms with van der Waals surface area (Å²) >= 11 is 0. The van der Waals surface area contributed by atoms with Crippen LogP contribution in [0.15, 0.2) is 45.7 Å². The minimum absolute atomic E-state index is 0.0777. The van der Waals surface area contributed by atoms with Crippen LogP contribution in [0.4, 0.5) is 0 Å². The van der Waals surface area contributed by atoms with E-state index in [1.54, 1.807) is 30.9 Å². The summed E-state index contributed by atoms with van der Waals surface area (Å²) < 4.78 is 17.9. The third-order valence-corrected chi connectivity index (χ3v) is 4.72. The van der Waals surface area contributed by atoms with Crippen LogP contribution >= 0.6 is 0 Å². The fourth-order valence-corrected chi connectivity index (χ4v) is 3.44. The van der Waals surface area contributed by atoms with E-state index in [1.807, 2.05) is 24.3 Å². The lowest BCUT2D eigenvalue weighted by molar-refractivity contribution is 0.344. The fraction of sp³-hybridized carbons (Fsp3) is 0.318. The molecule has 1 N–H and O–H groups in total. The lowest BCUT2D eigenvalue weighted by Crippen LogP contribution is -2.24. The predicted octanol–water partition coefficient (Wildman–Crippen LogP) is 4.11. The highest BCUT2D eigenvalue weighted by molar-refractivity contribution is 5.90. The van der Waals surface area contributed by atoms with Crippen molar-refractivity contribution >= 4 is 11.0 Å². The van der Waals surface area contributed by atoms with Crippen LogP contribution < -0.4 is 15.2 Å². The Morgan fingerprint density at radius 3 is 2.57 bits per heavy atom. The molecule has 2 aromatic carbocycles. The van der Waals surface area contributed by atoms with Gasteiger partial charge in [-0.05, 0) is 35.7 Å². The Morgan fingerprint density at radius 1 is 1.10 bits per heavy atom. The Bertz CT molecular complexity index is 1260. The number of hydrogen-bond donors (Lipinski definition) is 1. The third-order valence-electron chi connectivity index (χ3n) is 4.72. The summed E-state index contributed by atoms with van der Waals surface area (Å²) in [6, 6.07) is 11.0. The Hall–Kier alpha value is -3.55. The zero-order chi connectivity index (χ0) is 21.5. The van der Waals surface area contributed by atoms with Gasteiger partial charge in [-0.15, -0.1) is 0 Å². The van der Waals surface area contributed by atoms with Gasteiger partial charge in [0.1, 0.15) is 0 Å². The van der Waals surface area contributed by atoms with Crippen LogP contribution in [0, 0.1) is 5.41 Å². The number of H-pyrrole nitrogens is 1. The maximum Gasteiger partial charge on any atom is 0.326 e. The van der Waals surface area contributed by atoms with Gasteiger partial charge >= 0.3 is 5.69 Å². The predicted molar refractivity (Wildman–Crippen MR) is 114 cm³/mol. The lowest BCUT2D eigenvalue weighted by Gasteiger charge is -2.19. The molecule has 0 aliphatic heterocycles. The molecule has 0 saturated carbocycles. The molecule has 0 fully saturated rings. The second-order valence-electron chi connectivity index (χ2n) is 8.27. The Kier molecular flexibility index (Phi) is 4.85. The van der Waals surface area contributed by atoms with Crippen molar-refractivity contribution in [3.63, 3.8) is 0 Å². The molecular weight excluding hydrogens is 384 g/mol. The normalized spacial score (nSPS) is 11.8. The Morgan fingerprint density at radius 2 is 1.87 bits per heavy atom. The first-order valence-corrected chi connectivity index (χ1v) is 9.59. The van der Waals surface area contributed by atoms with E-state index in [2.05, 4.69) is 35.9 Å². The lowest BCUT2D eigenvalue weighted by atomic mass is 9.96. The molecular formula is C22H24N4O4. The number of fused-ring (bicyclic) bond motifs is 1. The number of imidazole rings is 1. The molecule has 8 nitrogen and oxygen atoms in total. The number of nitrogens with one attached hydrogen (secondary N) is 1. The van der Waals surface area contributed by atoms with Crippen molar-refractivity contribution in [1.82, 2.24) is 19.7 Å². The molecule has 2 heterocycles. The number of para-hydroxylation sites is 1. The molecule has 30 heavy (non-hydrogen) atoms. The minimum atomic E-state index is -0.160. The number of benzene rings is 2. The zero-order valence-corrected chi connectivity index (χ0v) is 17.6. The molecule has 0 amide bonds. The average molecular weight is 408 g/mol. The number of aromatic amines is 1. The number of ether oxygens (including phenoxy) is 2. The largest absolute Gasteiger partial charge is 0.493 e. The van der Waals surface area contributed by atoms with Gasteiger partial charge in [0.2, 0.25) is 5.82 Å². The first-order chi connectivity index (χ1) is 14.3. The fourth-order valence-electron chi connectivity index (χ4n) is 3.44. The van der Waals surface area contributed by atoms with Crippen LogP contribution in [-0.2, 0) is 6.54 Å². The van der Waals surface area contributed by atoms with Crippen molar-refractivity contribution < 1.29 is 14.0 Å². The van der Waals surface area contributed by atoms with Crippen molar-refractivity contribution in [3.05, 3.63) is 46.9 Å². The standard InChI is InChI=1S/C22H24N4O4/c1-22(2,3)12-26-18-14(7-6-8-15(18)23-21(26)27)20-24-19(25-30-20)13-9-10-16(28-4)17(11-13)29-5/h6-11H,12H2,1-5H3,(H,23,27). The van der Waals surface area contributed by atoms with Crippen LogP contribution in [0.5, 0.6) is 11.5 Å². The highest BCUT2D eigenvalue weighted by Crippen LogP contribution is 2.33. The summed E-state index contributed by atoms with van der Waals surface area (Å²) in [5.41, 5.74) is 2.68. The molecule has 0 unspecified atom stereocenters. The summed E-state index contributed by atoms with van der Waals surface area (Å²) in [4.78, 5) is 20.1. The van der Waals surface area contributed by atoms with E-state index in [4.69, 9.17) is 14.0 Å². The summed E-state index contributed by atoms with van der Waals surface area (Å²) in [5, 5.41) is 4.13. The maximum absolute atomic E-state index is 12.6. The maximum atomic E-state index is 12.6. The zero-order valence-electron chi connectivity index (χ0n) is 17.6. The van der Waals surface area contributed by atoms with E-state index in [0.29, 0.717) is 35.3 Å². The van der Waals surface area contributed by atoms with E-state index in [9.17, 15) is 4.79 Å². The second-order valence-corrected chi connectivity index (χ2v) is 8.27. The Balaban J connectivity index is 1.82. The average Bonchev–Trinajstić information content (AvgIpc) is 3.31. The molecule has 0 radical (unpaired) electrons. The van der Waals surface area contributed by atoms with Crippen LogP contribution in [0.1, 0.15) is 20.8 Å². The van der Waals surface area contributed by atoms with Gasteiger partial charge in [0.15, 0.2) is 11.5 Å². The molecule has 156 valence electrons. The van der Waals surface area contributed by atoms with Gasteiger partial charge in [-0.1, -0.05) is 32.0 Å². The van der Waals surface area contributed by atoms with Gasteiger partial charge in [-0.2, -0.15) is 4.98 Å². The minimum Gasteiger partial charge on any atom is -0.493 e. The highest BCUT2D eigenvalue weighted by Gasteiger charge is 2.21. The first kappa shape index (κ1) is 19.8. The topological polar surface area (TPSA) is 95.2 Å². The van der Waals surface area contributed by atoms with Gasteiger partial charge in [0, 0.05) is 12.1 Å². The Labute approximate surface area is 173 Å². The van der Waals surface area contributed by atoms with Gasteiger partial charge in [-0.3, -0.25) is 4.57 Å². The number of rotatable bonds is 5. The van der Waals surface area contributed by atoms with Gasteiger partial charge in [0.05, 0.1) is 30.8 Å². The van der Waals surface area contributed by atoms with Crippen LogP contribution in [0.3, 0.4) is 0 Å². The molecule has 2 aromatic heterocycles. The molecule has 0 atom stereocenters. The van der Waals surface area contributed by atoms with Crippen LogP contribution in [-0.4, -0.2) is 33.9 Å². The van der Waals surface area contributed by atoms with E-state index in [-0.39, 0.29) is 11.1 Å². The number of hydrogen-bond acceptors (Lipinski definition) is 6. The monoisotopic (exact) mass is 408 g/mol. The van der Waals surface area contributed by atoms with Crippen molar-refractivity contribution in [2.45, 2.75) is 27.3 Å². The van der Waals surface area contributed by atoms with Gasteiger partial charge < -0.3 is 19.0 Å².